The van der Waals surface area contributed by atoms with Crippen molar-refractivity contribution in [3.05, 3.63) is 64.9 Å². The van der Waals surface area contributed by atoms with E-state index >= 15 is 0 Å². The molecule has 98 valence electrons. The van der Waals surface area contributed by atoms with Crippen LogP contribution in [0.15, 0.2) is 48.5 Å². The van der Waals surface area contributed by atoms with Crippen molar-refractivity contribution in [1.29, 1.82) is 0 Å². The van der Waals surface area contributed by atoms with E-state index in [1.807, 2.05) is 0 Å². The Kier molecular flexibility index (Phi) is 4.14. The number of benzene rings is 2. The molecular formula is C14H11ClFNO2. The Hall–Kier alpha value is -1.91. The Morgan fingerprint density at radius 3 is 2.42 bits per heavy atom. The van der Waals surface area contributed by atoms with E-state index in [-0.39, 0.29) is 0 Å². The molecule has 1 atom stereocenters. The van der Waals surface area contributed by atoms with E-state index in [0.29, 0.717) is 16.3 Å². The van der Waals surface area contributed by atoms with E-state index in [1.54, 1.807) is 24.3 Å². The van der Waals surface area contributed by atoms with Crippen LogP contribution in [0.1, 0.15) is 11.7 Å². The molecule has 0 saturated carbocycles. The number of aliphatic hydroxyl groups excluding tert-OH is 1. The fourth-order valence-electron chi connectivity index (χ4n) is 1.56. The van der Waals surface area contributed by atoms with Gasteiger partial charge in [-0.2, -0.15) is 0 Å². The maximum Gasteiger partial charge on any atom is 0.257 e. The molecule has 0 aliphatic rings. The van der Waals surface area contributed by atoms with E-state index in [2.05, 4.69) is 5.32 Å². The summed E-state index contributed by atoms with van der Waals surface area (Å²) in [5, 5.41) is 12.7. The van der Waals surface area contributed by atoms with Crippen LogP contribution in [-0.2, 0) is 4.79 Å². The van der Waals surface area contributed by atoms with Crippen LogP contribution in [0.5, 0.6) is 0 Å². The lowest BCUT2D eigenvalue weighted by Crippen LogP contribution is -2.20. The fraction of sp³-hybridized carbons (Fsp3) is 0.0714. The lowest BCUT2D eigenvalue weighted by atomic mass is 10.1. The van der Waals surface area contributed by atoms with Gasteiger partial charge in [-0.1, -0.05) is 35.9 Å². The molecule has 2 aromatic rings. The van der Waals surface area contributed by atoms with Gasteiger partial charge in [0.15, 0.2) is 6.10 Å². The molecule has 0 fully saturated rings. The number of aliphatic hydroxyl groups is 1. The summed E-state index contributed by atoms with van der Waals surface area (Å²) in [5.41, 5.74) is 0.723. The van der Waals surface area contributed by atoms with Crippen molar-refractivity contribution in [2.24, 2.45) is 0 Å². The highest BCUT2D eigenvalue weighted by atomic mass is 35.5. The molecule has 0 radical (unpaired) electrons. The summed E-state index contributed by atoms with van der Waals surface area (Å²) >= 11 is 5.89. The highest BCUT2D eigenvalue weighted by Crippen LogP contribution is 2.22. The van der Waals surface area contributed by atoms with E-state index < -0.39 is 17.8 Å². The molecule has 2 aromatic carbocycles. The molecule has 3 nitrogen and oxygen atoms in total. The van der Waals surface area contributed by atoms with Gasteiger partial charge in [0.25, 0.3) is 5.91 Å². The van der Waals surface area contributed by atoms with Crippen molar-refractivity contribution in [2.45, 2.75) is 6.10 Å². The summed E-state index contributed by atoms with van der Waals surface area (Å²) in [5.74, 6) is -1.05. The molecule has 5 heteroatoms. The van der Waals surface area contributed by atoms with E-state index in [9.17, 15) is 14.3 Å². The summed E-state index contributed by atoms with van der Waals surface area (Å²) < 4.78 is 12.8. The standard InChI is InChI=1S/C14H11ClFNO2/c15-11-3-1-2-4-12(11)17-14(19)13(18)9-5-7-10(16)8-6-9/h1-8,13,18H,(H,17,19). The van der Waals surface area contributed by atoms with Gasteiger partial charge in [0.1, 0.15) is 5.82 Å². The summed E-state index contributed by atoms with van der Waals surface area (Å²) in [6.07, 6.45) is -1.38. The van der Waals surface area contributed by atoms with Crippen molar-refractivity contribution in [3.8, 4) is 0 Å². The average molecular weight is 280 g/mol. The van der Waals surface area contributed by atoms with Gasteiger partial charge >= 0.3 is 0 Å². The van der Waals surface area contributed by atoms with Crippen LogP contribution in [-0.4, -0.2) is 11.0 Å². The molecule has 1 unspecified atom stereocenters. The van der Waals surface area contributed by atoms with E-state index in [1.165, 1.54) is 24.3 Å². The zero-order chi connectivity index (χ0) is 13.8. The third-order valence-electron chi connectivity index (χ3n) is 2.57. The van der Waals surface area contributed by atoms with Crippen LogP contribution in [0.3, 0.4) is 0 Å². The Morgan fingerprint density at radius 1 is 1.16 bits per heavy atom. The van der Waals surface area contributed by atoms with Crippen molar-refractivity contribution in [2.75, 3.05) is 5.32 Å². The maximum absolute atomic E-state index is 12.8. The molecule has 0 aliphatic heterocycles. The topological polar surface area (TPSA) is 49.3 Å². The van der Waals surface area contributed by atoms with Crippen molar-refractivity contribution in [1.82, 2.24) is 0 Å². The van der Waals surface area contributed by atoms with Crippen molar-refractivity contribution in [3.63, 3.8) is 0 Å². The van der Waals surface area contributed by atoms with Crippen molar-refractivity contribution < 1.29 is 14.3 Å². The van der Waals surface area contributed by atoms with Gasteiger partial charge in [0.05, 0.1) is 10.7 Å². The number of carbonyl (C=O) groups excluding carboxylic acids is 1. The quantitative estimate of drug-likeness (QED) is 0.907. The smallest absolute Gasteiger partial charge is 0.257 e. The molecule has 19 heavy (non-hydrogen) atoms. The van der Waals surface area contributed by atoms with Crippen molar-refractivity contribution >= 4 is 23.2 Å². The van der Waals surface area contributed by atoms with E-state index in [0.717, 1.165) is 0 Å². The van der Waals surface area contributed by atoms with Gasteiger partial charge in [0.2, 0.25) is 0 Å². The first-order chi connectivity index (χ1) is 9.08. The minimum atomic E-state index is -1.38. The van der Waals surface area contributed by atoms with Crippen LogP contribution < -0.4 is 5.32 Å². The number of halogens is 2. The molecule has 1 amide bonds. The maximum atomic E-state index is 12.8. The van der Waals surface area contributed by atoms with Crippen LogP contribution in [0.4, 0.5) is 10.1 Å². The fourth-order valence-corrected chi connectivity index (χ4v) is 1.74. The van der Waals surface area contributed by atoms with Gasteiger partial charge in [-0.05, 0) is 29.8 Å². The first kappa shape index (κ1) is 13.5. The van der Waals surface area contributed by atoms with Crippen LogP contribution in [0, 0.1) is 5.82 Å². The molecule has 2 N–H and O–H groups in total. The summed E-state index contributed by atoms with van der Waals surface area (Å²) in [6, 6.07) is 11.8. The average Bonchev–Trinajstić information content (AvgIpc) is 2.41. The Bertz CT molecular complexity index is 586. The van der Waals surface area contributed by atoms with E-state index in [4.69, 9.17) is 11.6 Å². The largest absolute Gasteiger partial charge is 0.378 e. The number of amides is 1. The van der Waals surface area contributed by atoms with Gasteiger partial charge in [-0.15, -0.1) is 0 Å². The number of hydrogen-bond acceptors (Lipinski definition) is 2. The minimum Gasteiger partial charge on any atom is -0.378 e. The highest BCUT2D eigenvalue weighted by Gasteiger charge is 2.18. The molecule has 0 spiro atoms. The zero-order valence-electron chi connectivity index (χ0n) is 9.81. The van der Waals surface area contributed by atoms with Gasteiger partial charge in [0, 0.05) is 0 Å². The molecule has 0 aliphatic carbocycles. The monoisotopic (exact) mass is 279 g/mol. The Balaban J connectivity index is 2.12. The Morgan fingerprint density at radius 2 is 1.79 bits per heavy atom. The number of rotatable bonds is 3. The van der Waals surface area contributed by atoms with Gasteiger partial charge < -0.3 is 10.4 Å². The lowest BCUT2D eigenvalue weighted by molar-refractivity contribution is -0.124. The van der Waals surface area contributed by atoms with Crippen LogP contribution in [0.25, 0.3) is 0 Å². The number of para-hydroxylation sites is 1. The molecule has 0 saturated heterocycles. The second-order valence-corrected chi connectivity index (χ2v) is 4.33. The predicted octanol–water partition coefficient (Wildman–Crippen LogP) is 3.15. The highest BCUT2D eigenvalue weighted by molar-refractivity contribution is 6.33. The number of anilines is 1. The molecule has 2 rings (SSSR count). The normalized spacial score (nSPS) is 11.9. The molecule has 0 heterocycles. The van der Waals surface area contributed by atoms with Gasteiger partial charge in [-0.25, -0.2) is 4.39 Å². The zero-order valence-corrected chi connectivity index (χ0v) is 10.6. The molecule has 0 bridgehead atoms. The molecule has 0 aromatic heterocycles. The SMILES string of the molecule is O=C(Nc1ccccc1Cl)C(O)c1ccc(F)cc1. The summed E-state index contributed by atoms with van der Waals surface area (Å²) in [6.45, 7) is 0. The lowest BCUT2D eigenvalue weighted by Gasteiger charge is -2.12. The predicted molar refractivity (Wildman–Crippen MR) is 71.4 cm³/mol. The Labute approximate surface area is 114 Å². The third-order valence-corrected chi connectivity index (χ3v) is 2.90. The van der Waals surface area contributed by atoms with Gasteiger partial charge in [-0.3, -0.25) is 4.79 Å². The summed E-state index contributed by atoms with van der Waals surface area (Å²) in [7, 11) is 0. The number of nitrogens with one attached hydrogen (secondary N) is 1. The third kappa shape index (κ3) is 3.30. The first-order valence-electron chi connectivity index (χ1n) is 5.57. The second kappa shape index (κ2) is 5.82. The number of hydrogen-bond donors (Lipinski definition) is 2. The summed E-state index contributed by atoms with van der Waals surface area (Å²) in [4.78, 5) is 11.8. The number of carbonyl (C=O) groups is 1. The molecular weight excluding hydrogens is 269 g/mol. The van der Waals surface area contributed by atoms with Crippen LogP contribution in [0.2, 0.25) is 5.02 Å². The van der Waals surface area contributed by atoms with Crippen LogP contribution >= 0.6 is 11.6 Å². The second-order valence-electron chi connectivity index (χ2n) is 3.92. The first-order valence-corrected chi connectivity index (χ1v) is 5.94. The minimum absolute atomic E-state index is 0.311.